The Labute approximate surface area is 123 Å². The predicted octanol–water partition coefficient (Wildman–Crippen LogP) is 3.68. The first-order valence-electron chi connectivity index (χ1n) is 7.06. The summed E-state index contributed by atoms with van der Waals surface area (Å²) in [5, 5.41) is 0.648. The first-order chi connectivity index (χ1) is 9.98. The molecule has 0 amide bonds. The number of para-hydroxylation sites is 2. The van der Waals surface area contributed by atoms with E-state index in [1.807, 2.05) is 54.6 Å². The zero-order chi connectivity index (χ0) is 15.0. The highest BCUT2D eigenvalue weighted by molar-refractivity contribution is 5.78. The summed E-state index contributed by atoms with van der Waals surface area (Å²) >= 11 is 0. The van der Waals surface area contributed by atoms with Crippen molar-refractivity contribution in [3.63, 3.8) is 0 Å². The van der Waals surface area contributed by atoms with E-state index in [1.165, 1.54) is 0 Å². The third kappa shape index (κ3) is 2.35. The van der Waals surface area contributed by atoms with Gasteiger partial charge in [0.2, 0.25) is 0 Å². The summed E-state index contributed by atoms with van der Waals surface area (Å²) in [6.45, 7) is 6.22. The van der Waals surface area contributed by atoms with E-state index in [9.17, 15) is 4.79 Å². The van der Waals surface area contributed by atoms with E-state index in [-0.39, 0.29) is 11.0 Å². The highest BCUT2D eigenvalue weighted by atomic mass is 16.1. The SMILES string of the molecule is CC(C)(C)c1nc2ccccc2c(=O)n1-c1ccccc1. The second kappa shape index (κ2) is 4.85. The standard InChI is InChI=1S/C18H18N2O/c1-18(2,3)17-19-15-12-8-7-11-14(15)16(21)20(17)13-9-5-4-6-10-13/h4-12H,1-3H3. The summed E-state index contributed by atoms with van der Waals surface area (Å²) in [6, 6.07) is 17.2. The molecule has 3 heteroatoms. The molecular weight excluding hydrogens is 260 g/mol. The lowest BCUT2D eigenvalue weighted by Gasteiger charge is -2.23. The van der Waals surface area contributed by atoms with Crippen molar-refractivity contribution in [2.24, 2.45) is 0 Å². The van der Waals surface area contributed by atoms with Crippen LogP contribution in [-0.2, 0) is 5.41 Å². The normalized spacial score (nSPS) is 11.8. The first kappa shape index (κ1) is 13.6. The molecule has 0 unspecified atom stereocenters. The summed E-state index contributed by atoms with van der Waals surface area (Å²) in [5.41, 5.74) is 1.36. The smallest absolute Gasteiger partial charge is 0.265 e. The summed E-state index contributed by atoms with van der Waals surface area (Å²) in [4.78, 5) is 17.7. The Kier molecular flexibility index (Phi) is 3.13. The van der Waals surface area contributed by atoms with Gasteiger partial charge in [-0.05, 0) is 24.3 Å². The third-order valence-corrected chi connectivity index (χ3v) is 3.46. The fourth-order valence-corrected chi connectivity index (χ4v) is 2.45. The lowest BCUT2D eigenvalue weighted by molar-refractivity contribution is 0.526. The van der Waals surface area contributed by atoms with Crippen LogP contribution in [0, 0.1) is 0 Å². The molecule has 0 bridgehead atoms. The number of rotatable bonds is 1. The predicted molar refractivity (Wildman–Crippen MR) is 86.0 cm³/mol. The Morgan fingerprint density at radius 3 is 2.19 bits per heavy atom. The van der Waals surface area contributed by atoms with E-state index in [1.54, 1.807) is 4.57 Å². The molecule has 0 spiro atoms. The Morgan fingerprint density at radius 2 is 1.52 bits per heavy atom. The summed E-state index contributed by atoms with van der Waals surface area (Å²) < 4.78 is 1.72. The molecule has 0 N–H and O–H groups in total. The van der Waals surface area contributed by atoms with Gasteiger partial charge in [0.1, 0.15) is 5.82 Å². The van der Waals surface area contributed by atoms with Gasteiger partial charge in [0.15, 0.2) is 0 Å². The quantitative estimate of drug-likeness (QED) is 0.680. The van der Waals surface area contributed by atoms with E-state index in [4.69, 9.17) is 4.98 Å². The van der Waals surface area contributed by atoms with E-state index in [0.717, 1.165) is 17.0 Å². The van der Waals surface area contributed by atoms with Crippen molar-refractivity contribution >= 4 is 10.9 Å². The molecule has 3 nitrogen and oxygen atoms in total. The largest absolute Gasteiger partial charge is 0.268 e. The van der Waals surface area contributed by atoms with Gasteiger partial charge in [0.25, 0.3) is 5.56 Å². The maximum absolute atomic E-state index is 12.9. The van der Waals surface area contributed by atoms with Crippen LogP contribution in [0.3, 0.4) is 0 Å². The van der Waals surface area contributed by atoms with Crippen LogP contribution in [0.15, 0.2) is 59.4 Å². The highest BCUT2D eigenvalue weighted by Crippen LogP contribution is 2.23. The van der Waals surface area contributed by atoms with Gasteiger partial charge in [0, 0.05) is 5.41 Å². The molecule has 0 aliphatic carbocycles. The van der Waals surface area contributed by atoms with Crippen LogP contribution < -0.4 is 5.56 Å². The molecule has 0 atom stereocenters. The minimum absolute atomic E-state index is 0.0169. The van der Waals surface area contributed by atoms with Crippen LogP contribution in [0.1, 0.15) is 26.6 Å². The van der Waals surface area contributed by atoms with Gasteiger partial charge in [0.05, 0.1) is 16.6 Å². The summed E-state index contributed by atoms with van der Waals surface area (Å²) in [7, 11) is 0. The van der Waals surface area contributed by atoms with Crippen LogP contribution in [0.25, 0.3) is 16.6 Å². The number of hydrogen-bond acceptors (Lipinski definition) is 2. The molecule has 106 valence electrons. The number of hydrogen-bond donors (Lipinski definition) is 0. The van der Waals surface area contributed by atoms with Gasteiger partial charge < -0.3 is 0 Å². The molecule has 21 heavy (non-hydrogen) atoms. The maximum atomic E-state index is 12.9. The number of nitrogens with zero attached hydrogens (tertiary/aromatic N) is 2. The fourth-order valence-electron chi connectivity index (χ4n) is 2.45. The molecule has 3 aromatic rings. The van der Waals surface area contributed by atoms with Gasteiger partial charge in [-0.3, -0.25) is 9.36 Å². The van der Waals surface area contributed by atoms with Crippen molar-refractivity contribution in [1.82, 2.24) is 9.55 Å². The molecule has 0 aliphatic heterocycles. The lowest BCUT2D eigenvalue weighted by atomic mass is 9.94. The number of benzene rings is 2. The molecular formula is C18H18N2O. The van der Waals surface area contributed by atoms with Crippen LogP contribution >= 0.6 is 0 Å². The van der Waals surface area contributed by atoms with Gasteiger partial charge in [-0.1, -0.05) is 51.1 Å². The van der Waals surface area contributed by atoms with E-state index >= 15 is 0 Å². The van der Waals surface area contributed by atoms with Crippen molar-refractivity contribution in [3.8, 4) is 5.69 Å². The molecule has 0 saturated heterocycles. The van der Waals surface area contributed by atoms with Crippen LogP contribution in [0.4, 0.5) is 0 Å². The average molecular weight is 278 g/mol. The molecule has 2 aromatic carbocycles. The summed E-state index contributed by atoms with van der Waals surface area (Å²) in [6.07, 6.45) is 0. The van der Waals surface area contributed by atoms with Crippen molar-refractivity contribution in [2.45, 2.75) is 26.2 Å². The zero-order valence-electron chi connectivity index (χ0n) is 12.5. The van der Waals surface area contributed by atoms with Crippen molar-refractivity contribution in [2.75, 3.05) is 0 Å². The second-order valence-corrected chi connectivity index (χ2v) is 6.18. The van der Waals surface area contributed by atoms with Crippen molar-refractivity contribution in [1.29, 1.82) is 0 Å². The topological polar surface area (TPSA) is 34.9 Å². The lowest BCUT2D eigenvalue weighted by Crippen LogP contribution is -2.30. The van der Waals surface area contributed by atoms with E-state index < -0.39 is 0 Å². The minimum atomic E-state index is -0.223. The van der Waals surface area contributed by atoms with E-state index in [0.29, 0.717) is 5.39 Å². The molecule has 1 heterocycles. The maximum Gasteiger partial charge on any atom is 0.265 e. The van der Waals surface area contributed by atoms with E-state index in [2.05, 4.69) is 20.8 Å². The average Bonchev–Trinajstić information content (AvgIpc) is 2.47. The van der Waals surface area contributed by atoms with Crippen molar-refractivity contribution < 1.29 is 0 Å². The molecule has 0 aliphatic rings. The third-order valence-electron chi connectivity index (χ3n) is 3.46. The Balaban J connectivity index is 2.46. The zero-order valence-corrected chi connectivity index (χ0v) is 12.5. The fraction of sp³-hybridized carbons (Fsp3) is 0.222. The monoisotopic (exact) mass is 278 g/mol. The Bertz CT molecular complexity index is 842. The summed E-state index contributed by atoms with van der Waals surface area (Å²) in [5.74, 6) is 0.775. The molecule has 1 aromatic heterocycles. The molecule has 3 rings (SSSR count). The van der Waals surface area contributed by atoms with Gasteiger partial charge >= 0.3 is 0 Å². The van der Waals surface area contributed by atoms with Crippen LogP contribution in [0.2, 0.25) is 0 Å². The van der Waals surface area contributed by atoms with Gasteiger partial charge in [-0.25, -0.2) is 4.98 Å². The first-order valence-corrected chi connectivity index (χ1v) is 7.06. The number of aromatic nitrogens is 2. The van der Waals surface area contributed by atoms with Crippen molar-refractivity contribution in [3.05, 3.63) is 70.8 Å². The number of fused-ring (bicyclic) bond motifs is 1. The minimum Gasteiger partial charge on any atom is -0.268 e. The molecule has 0 fully saturated rings. The van der Waals surface area contributed by atoms with Gasteiger partial charge in [-0.15, -0.1) is 0 Å². The Morgan fingerprint density at radius 1 is 0.905 bits per heavy atom. The Hall–Kier alpha value is -2.42. The van der Waals surface area contributed by atoms with Crippen LogP contribution in [-0.4, -0.2) is 9.55 Å². The molecule has 0 radical (unpaired) electrons. The van der Waals surface area contributed by atoms with Crippen LogP contribution in [0.5, 0.6) is 0 Å². The van der Waals surface area contributed by atoms with Gasteiger partial charge in [-0.2, -0.15) is 0 Å². The second-order valence-electron chi connectivity index (χ2n) is 6.18. The molecule has 0 saturated carbocycles. The highest BCUT2D eigenvalue weighted by Gasteiger charge is 2.23.